The monoisotopic (exact) mass is 218 g/mol. The van der Waals surface area contributed by atoms with Crippen LogP contribution < -0.4 is 0 Å². The molecule has 0 rings (SSSR count). The molecule has 0 bridgehead atoms. The van der Waals surface area contributed by atoms with Crippen LogP contribution in [0.3, 0.4) is 0 Å². The van der Waals surface area contributed by atoms with Crippen LogP contribution in [0.2, 0.25) is 0 Å². The average molecular weight is 219 g/mol. The van der Waals surface area contributed by atoms with E-state index >= 15 is 0 Å². The maximum Gasteiger partial charge on any atom is 0.403 e. The summed E-state index contributed by atoms with van der Waals surface area (Å²) in [5.74, 6) is 0. The van der Waals surface area contributed by atoms with E-state index in [-0.39, 0.29) is 0 Å². The molecular formula is C11H19ClO2. The second kappa shape index (κ2) is 10.6. The fraction of sp³-hybridized carbons (Fsp3) is 0.727. The Morgan fingerprint density at radius 2 is 1.71 bits per heavy atom. The van der Waals surface area contributed by atoms with Gasteiger partial charge < -0.3 is 4.74 Å². The van der Waals surface area contributed by atoms with E-state index in [1.54, 1.807) is 0 Å². The van der Waals surface area contributed by atoms with Crippen LogP contribution >= 0.6 is 11.6 Å². The van der Waals surface area contributed by atoms with Gasteiger partial charge in [0.2, 0.25) is 0 Å². The zero-order chi connectivity index (χ0) is 10.6. The molecule has 0 N–H and O–H groups in total. The Kier molecular flexibility index (Phi) is 10.2. The van der Waals surface area contributed by atoms with E-state index in [1.807, 2.05) is 6.08 Å². The van der Waals surface area contributed by atoms with Crippen LogP contribution in [-0.4, -0.2) is 12.0 Å². The molecule has 0 unspecified atom stereocenters. The molecule has 0 aliphatic heterocycles. The highest BCUT2D eigenvalue weighted by atomic mass is 35.5. The molecule has 0 heterocycles. The van der Waals surface area contributed by atoms with Gasteiger partial charge in [-0.05, 0) is 19.3 Å². The second-order valence-corrected chi connectivity index (χ2v) is 3.59. The first-order valence-electron chi connectivity index (χ1n) is 5.20. The lowest BCUT2D eigenvalue weighted by molar-refractivity contribution is 0.170. The van der Waals surface area contributed by atoms with E-state index in [0.29, 0.717) is 6.61 Å². The van der Waals surface area contributed by atoms with E-state index in [9.17, 15) is 4.79 Å². The summed E-state index contributed by atoms with van der Waals surface area (Å²) in [5, 5.41) is 0. The summed E-state index contributed by atoms with van der Waals surface area (Å²) in [6.07, 6.45) is 10.1. The summed E-state index contributed by atoms with van der Waals surface area (Å²) < 4.78 is 4.60. The minimum atomic E-state index is -0.698. The van der Waals surface area contributed by atoms with Crippen molar-refractivity contribution in [3.05, 3.63) is 12.7 Å². The van der Waals surface area contributed by atoms with E-state index in [4.69, 9.17) is 11.6 Å². The third-order valence-electron chi connectivity index (χ3n) is 2.02. The van der Waals surface area contributed by atoms with Crippen LogP contribution in [0.5, 0.6) is 0 Å². The summed E-state index contributed by atoms with van der Waals surface area (Å²) in [5.41, 5.74) is -0.698. The number of halogens is 1. The van der Waals surface area contributed by atoms with Crippen molar-refractivity contribution < 1.29 is 9.53 Å². The largest absolute Gasteiger partial charge is 0.454 e. The third-order valence-corrected chi connectivity index (χ3v) is 2.13. The molecule has 0 aromatic heterocycles. The maximum atomic E-state index is 10.2. The Bertz CT molecular complexity index is 157. The fourth-order valence-corrected chi connectivity index (χ4v) is 1.33. The zero-order valence-electron chi connectivity index (χ0n) is 8.64. The van der Waals surface area contributed by atoms with Crippen molar-refractivity contribution in [3.63, 3.8) is 0 Å². The van der Waals surface area contributed by atoms with Gasteiger partial charge in [-0.1, -0.05) is 31.8 Å². The van der Waals surface area contributed by atoms with Crippen molar-refractivity contribution in [2.24, 2.45) is 0 Å². The molecule has 0 amide bonds. The lowest BCUT2D eigenvalue weighted by atomic mass is 10.1. The van der Waals surface area contributed by atoms with Crippen molar-refractivity contribution in [2.75, 3.05) is 6.61 Å². The topological polar surface area (TPSA) is 26.3 Å². The Morgan fingerprint density at radius 3 is 2.29 bits per heavy atom. The van der Waals surface area contributed by atoms with Gasteiger partial charge in [0.1, 0.15) is 0 Å². The Morgan fingerprint density at radius 1 is 1.14 bits per heavy atom. The number of hydrogen-bond donors (Lipinski definition) is 0. The van der Waals surface area contributed by atoms with Crippen molar-refractivity contribution in [2.45, 2.75) is 44.9 Å². The van der Waals surface area contributed by atoms with Crippen LogP contribution in [0, 0.1) is 0 Å². The number of unbranched alkanes of at least 4 members (excludes halogenated alkanes) is 6. The first-order chi connectivity index (χ1) is 6.77. The molecule has 0 fully saturated rings. The molecule has 0 saturated carbocycles. The third kappa shape index (κ3) is 11.5. The summed E-state index contributed by atoms with van der Waals surface area (Å²) >= 11 is 5.00. The Labute approximate surface area is 91.3 Å². The minimum absolute atomic E-state index is 0.453. The molecule has 0 aliphatic rings. The second-order valence-electron chi connectivity index (χ2n) is 3.28. The molecule has 0 aromatic carbocycles. The highest BCUT2D eigenvalue weighted by molar-refractivity contribution is 6.61. The number of rotatable bonds is 9. The quantitative estimate of drug-likeness (QED) is 0.328. The summed E-state index contributed by atoms with van der Waals surface area (Å²) in [4.78, 5) is 10.2. The van der Waals surface area contributed by atoms with E-state index < -0.39 is 5.43 Å². The van der Waals surface area contributed by atoms with Gasteiger partial charge >= 0.3 is 5.43 Å². The average Bonchev–Trinajstić information content (AvgIpc) is 2.15. The molecule has 0 aliphatic carbocycles. The Hall–Kier alpha value is -0.500. The molecule has 0 radical (unpaired) electrons. The van der Waals surface area contributed by atoms with Crippen LogP contribution in [0.1, 0.15) is 44.9 Å². The summed E-state index contributed by atoms with van der Waals surface area (Å²) in [6, 6.07) is 0. The van der Waals surface area contributed by atoms with Gasteiger partial charge in [-0.15, -0.1) is 6.58 Å². The van der Waals surface area contributed by atoms with Crippen LogP contribution in [0.25, 0.3) is 0 Å². The van der Waals surface area contributed by atoms with Gasteiger partial charge in [0.15, 0.2) is 0 Å². The Balaban J connectivity index is 2.92. The van der Waals surface area contributed by atoms with Crippen LogP contribution in [0.15, 0.2) is 12.7 Å². The maximum absolute atomic E-state index is 10.2. The SMILES string of the molecule is C=CCCCCCCCCOC(=O)Cl. The van der Waals surface area contributed by atoms with Gasteiger partial charge in [-0.2, -0.15) is 0 Å². The molecule has 3 heteroatoms. The predicted octanol–water partition coefficient (Wildman–Crippen LogP) is 4.28. The van der Waals surface area contributed by atoms with Crippen molar-refractivity contribution >= 4 is 17.0 Å². The van der Waals surface area contributed by atoms with Crippen molar-refractivity contribution in [1.29, 1.82) is 0 Å². The number of carbonyl (C=O) groups is 1. The van der Waals surface area contributed by atoms with E-state index in [2.05, 4.69) is 11.3 Å². The number of carbonyl (C=O) groups excluding carboxylic acids is 1. The van der Waals surface area contributed by atoms with E-state index in [1.165, 1.54) is 25.7 Å². The lowest BCUT2D eigenvalue weighted by Crippen LogP contribution is -1.96. The molecule has 0 saturated heterocycles. The molecule has 2 nitrogen and oxygen atoms in total. The van der Waals surface area contributed by atoms with Crippen LogP contribution in [0.4, 0.5) is 4.79 Å². The van der Waals surface area contributed by atoms with Gasteiger partial charge in [0.05, 0.1) is 6.61 Å². The lowest BCUT2D eigenvalue weighted by Gasteiger charge is -2.01. The molecular weight excluding hydrogens is 200 g/mol. The zero-order valence-corrected chi connectivity index (χ0v) is 9.39. The first-order valence-corrected chi connectivity index (χ1v) is 5.58. The molecule has 0 atom stereocenters. The van der Waals surface area contributed by atoms with Gasteiger partial charge in [-0.25, -0.2) is 4.79 Å². The van der Waals surface area contributed by atoms with Gasteiger partial charge in [-0.3, -0.25) is 0 Å². The standard InChI is InChI=1S/C11H19ClO2/c1-2-3-4-5-6-7-8-9-10-14-11(12)13/h2H,1,3-10H2. The number of hydrogen-bond acceptors (Lipinski definition) is 2. The first kappa shape index (κ1) is 13.5. The van der Waals surface area contributed by atoms with E-state index in [0.717, 1.165) is 19.3 Å². The normalized spacial score (nSPS) is 9.79. The fourth-order valence-electron chi connectivity index (χ4n) is 1.25. The highest BCUT2D eigenvalue weighted by Gasteiger charge is 1.95. The minimum Gasteiger partial charge on any atom is -0.454 e. The van der Waals surface area contributed by atoms with Gasteiger partial charge in [0, 0.05) is 11.6 Å². The molecule has 0 spiro atoms. The van der Waals surface area contributed by atoms with Gasteiger partial charge in [0.25, 0.3) is 0 Å². The summed E-state index contributed by atoms with van der Waals surface area (Å²) in [7, 11) is 0. The van der Waals surface area contributed by atoms with Crippen LogP contribution in [-0.2, 0) is 4.74 Å². The number of allylic oxidation sites excluding steroid dienone is 1. The smallest absolute Gasteiger partial charge is 0.403 e. The summed E-state index contributed by atoms with van der Waals surface area (Å²) in [6.45, 7) is 4.13. The highest BCUT2D eigenvalue weighted by Crippen LogP contribution is 2.07. The molecule has 0 aromatic rings. The molecule has 14 heavy (non-hydrogen) atoms. The number of ether oxygens (including phenoxy) is 1. The predicted molar refractivity (Wildman–Crippen MR) is 59.7 cm³/mol. The van der Waals surface area contributed by atoms with Crippen molar-refractivity contribution in [3.8, 4) is 0 Å². The molecule has 82 valence electrons. The van der Waals surface area contributed by atoms with Crippen molar-refractivity contribution in [1.82, 2.24) is 0 Å².